The molecule has 2 rings (SSSR count). The van der Waals surface area contributed by atoms with Gasteiger partial charge in [-0.25, -0.2) is 0 Å². The summed E-state index contributed by atoms with van der Waals surface area (Å²) < 4.78 is 1.79. The van der Waals surface area contributed by atoms with E-state index in [4.69, 9.17) is 0 Å². The Labute approximate surface area is 91.1 Å². The van der Waals surface area contributed by atoms with Gasteiger partial charge in [0.1, 0.15) is 0 Å². The Kier molecular flexibility index (Phi) is 3.05. The van der Waals surface area contributed by atoms with E-state index in [0.29, 0.717) is 5.41 Å². The molecule has 0 aliphatic heterocycles. The van der Waals surface area contributed by atoms with Crippen molar-refractivity contribution in [3.8, 4) is 0 Å². The first kappa shape index (κ1) is 10.6. The molecule has 1 N–H and O–H groups in total. The molecule has 0 radical (unpaired) electrons. The first-order chi connectivity index (χ1) is 7.24. The lowest BCUT2D eigenvalue weighted by molar-refractivity contribution is 0.283. The molecule has 1 fully saturated rings. The fourth-order valence-electron chi connectivity index (χ4n) is 2.78. The van der Waals surface area contributed by atoms with E-state index in [2.05, 4.69) is 15.6 Å². The van der Waals surface area contributed by atoms with E-state index in [1.807, 2.05) is 20.3 Å². The monoisotopic (exact) mass is 208 g/mol. The van der Waals surface area contributed by atoms with Gasteiger partial charge in [0.05, 0.1) is 5.69 Å². The van der Waals surface area contributed by atoms with Crippen molar-refractivity contribution in [2.24, 2.45) is 12.5 Å². The van der Waals surface area contributed by atoms with Crippen LogP contribution in [0.2, 0.25) is 0 Å². The minimum Gasteiger partial charge on any atom is -0.319 e. The van der Waals surface area contributed by atoms with Crippen molar-refractivity contribution in [3.63, 3.8) is 0 Å². The van der Waals surface area contributed by atoms with Gasteiger partial charge in [0.2, 0.25) is 0 Å². The molecule has 4 nitrogen and oxygen atoms in total. The first-order valence-electron chi connectivity index (χ1n) is 5.74. The van der Waals surface area contributed by atoms with Crippen LogP contribution in [-0.2, 0) is 13.5 Å². The quantitative estimate of drug-likeness (QED) is 0.807. The fraction of sp³-hybridized carbons (Fsp3) is 0.818. The zero-order valence-corrected chi connectivity index (χ0v) is 9.66. The molecule has 1 aromatic rings. The van der Waals surface area contributed by atoms with Gasteiger partial charge in [-0.15, -0.1) is 5.10 Å². The SMILES string of the molecule is CNCC1(Cc2cn(C)nn2)CCCC1. The number of rotatable bonds is 4. The van der Waals surface area contributed by atoms with E-state index in [0.717, 1.165) is 18.7 Å². The molecule has 84 valence electrons. The molecule has 0 bridgehead atoms. The molecule has 1 aromatic heterocycles. The molecule has 0 spiro atoms. The van der Waals surface area contributed by atoms with Gasteiger partial charge < -0.3 is 5.32 Å². The van der Waals surface area contributed by atoms with Gasteiger partial charge in [-0.05, 0) is 31.7 Å². The molecule has 4 heteroatoms. The smallest absolute Gasteiger partial charge is 0.0833 e. The van der Waals surface area contributed by atoms with Crippen molar-refractivity contribution in [3.05, 3.63) is 11.9 Å². The minimum atomic E-state index is 0.435. The largest absolute Gasteiger partial charge is 0.319 e. The number of nitrogens with one attached hydrogen (secondary N) is 1. The summed E-state index contributed by atoms with van der Waals surface area (Å²) in [5.41, 5.74) is 1.57. The molecule has 1 aliphatic rings. The molecule has 15 heavy (non-hydrogen) atoms. The predicted molar refractivity (Wildman–Crippen MR) is 59.5 cm³/mol. The van der Waals surface area contributed by atoms with Crippen LogP contribution in [0.15, 0.2) is 6.20 Å². The normalized spacial score (nSPS) is 19.6. The zero-order chi connectivity index (χ0) is 10.7. The van der Waals surface area contributed by atoms with Crippen LogP contribution in [0, 0.1) is 5.41 Å². The summed E-state index contributed by atoms with van der Waals surface area (Å²) in [4.78, 5) is 0. The van der Waals surface area contributed by atoms with Crippen molar-refractivity contribution in [2.45, 2.75) is 32.1 Å². The molecule has 0 saturated heterocycles. The van der Waals surface area contributed by atoms with Crippen LogP contribution in [0.3, 0.4) is 0 Å². The molecule has 0 unspecified atom stereocenters. The molecule has 1 saturated carbocycles. The van der Waals surface area contributed by atoms with Gasteiger partial charge in [0.25, 0.3) is 0 Å². The molecular formula is C11H20N4. The van der Waals surface area contributed by atoms with Crippen LogP contribution < -0.4 is 5.32 Å². The summed E-state index contributed by atoms with van der Waals surface area (Å²) in [5.74, 6) is 0. The standard InChI is InChI=1S/C11H20N4/c1-12-9-11(5-3-4-6-11)7-10-8-15(2)14-13-10/h8,12H,3-7,9H2,1-2H3. The van der Waals surface area contributed by atoms with Gasteiger partial charge in [-0.1, -0.05) is 18.1 Å². The van der Waals surface area contributed by atoms with E-state index in [9.17, 15) is 0 Å². The highest BCUT2D eigenvalue weighted by Crippen LogP contribution is 2.39. The van der Waals surface area contributed by atoms with Crippen molar-refractivity contribution in [1.82, 2.24) is 20.3 Å². The van der Waals surface area contributed by atoms with Gasteiger partial charge in [0.15, 0.2) is 0 Å². The highest BCUT2D eigenvalue weighted by atomic mass is 15.4. The van der Waals surface area contributed by atoms with Crippen LogP contribution in [0.4, 0.5) is 0 Å². The van der Waals surface area contributed by atoms with Gasteiger partial charge >= 0.3 is 0 Å². The maximum Gasteiger partial charge on any atom is 0.0833 e. The molecule has 0 amide bonds. The Bertz CT molecular complexity index is 312. The summed E-state index contributed by atoms with van der Waals surface area (Å²) in [7, 11) is 3.96. The van der Waals surface area contributed by atoms with E-state index in [-0.39, 0.29) is 0 Å². The summed E-state index contributed by atoms with van der Waals surface area (Å²) in [6.45, 7) is 1.10. The third-order valence-corrected chi connectivity index (χ3v) is 3.42. The number of aryl methyl sites for hydroxylation is 1. The number of hydrogen-bond donors (Lipinski definition) is 1. The lowest BCUT2D eigenvalue weighted by Crippen LogP contribution is -2.32. The van der Waals surface area contributed by atoms with Crippen LogP contribution in [0.25, 0.3) is 0 Å². The van der Waals surface area contributed by atoms with E-state index in [1.165, 1.54) is 25.7 Å². The summed E-state index contributed by atoms with van der Waals surface area (Å²) in [5, 5.41) is 11.5. The van der Waals surface area contributed by atoms with Gasteiger partial charge in [-0.3, -0.25) is 4.68 Å². The van der Waals surface area contributed by atoms with Crippen LogP contribution in [0.1, 0.15) is 31.4 Å². The van der Waals surface area contributed by atoms with Crippen molar-refractivity contribution in [2.75, 3.05) is 13.6 Å². The summed E-state index contributed by atoms with van der Waals surface area (Å²) in [6, 6.07) is 0. The Morgan fingerprint density at radius 3 is 2.73 bits per heavy atom. The highest BCUT2D eigenvalue weighted by Gasteiger charge is 2.33. The second-order valence-corrected chi connectivity index (χ2v) is 4.80. The Morgan fingerprint density at radius 2 is 2.20 bits per heavy atom. The van der Waals surface area contributed by atoms with E-state index >= 15 is 0 Å². The molecule has 0 aromatic carbocycles. The van der Waals surface area contributed by atoms with Crippen molar-refractivity contribution >= 4 is 0 Å². The maximum absolute atomic E-state index is 4.19. The third-order valence-electron chi connectivity index (χ3n) is 3.42. The fourth-order valence-corrected chi connectivity index (χ4v) is 2.78. The number of hydrogen-bond acceptors (Lipinski definition) is 3. The van der Waals surface area contributed by atoms with Crippen molar-refractivity contribution in [1.29, 1.82) is 0 Å². The van der Waals surface area contributed by atoms with Crippen molar-refractivity contribution < 1.29 is 0 Å². The Balaban J connectivity index is 2.06. The number of nitrogens with zero attached hydrogens (tertiary/aromatic N) is 3. The Morgan fingerprint density at radius 1 is 1.47 bits per heavy atom. The lowest BCUT2D eigenvalue weighted by Gasteiger charge is -2.27. The number of aromatic nitrogens is 3. The Hall–Kier alpha value is -0.900. The topological polar surface area (TPSA) is 42.7 Å². The van der Waals surface area contributed by atoms with Crippen LogP contribution in [-0.4, -0.2) is 28.6 Å². The zero-order valence-electron chi connectivity index (χ0n) is 9.66. The van der Waals surface area contributed by atoms with Crippen LogP contribution >= 0.6 is 0 Å². The average molecular weight is 208 g/mol. The van der Waals surface area contributed by atoms with Gasteiger partial charge in [-0.2, -0.15) is 0 Å². The predicted octanol–water partition coefficient (Wildman–Crippen LogP) is 1.14. The molecule has 1 aliphatic carbocycles. The van der Waals surface area contributed by atoms with Crippen LogP contribution in [0.5, 0.6) is 0 Å². The average Bonchev–Trinajstić information content (AvgIpc) is 2.78. The maximum atomic E-state index is 4.19. The molecular weight excluding hydrogens is 188 g/mol. The minimum absolute atomic E-state index is 0.435. The lowest BCUT2D eigenvalue weighted by atomic mass is 9.81. The van der Waals surface area contributed by atoms with E-state index in [1.54, 1.807) is 4.68 Å². The second-order valence-electron chi connectivity index (χ2n) is 4.80. The second kappa shape index (κ2) is 4.31. The summed E-state index contributed by atoms with van der Waals surface area (Å²) >= 11 is 0. The van der Waals surface area contributed by atoms with Gasteiger partial charge in [0, 0.05) is 19.8 Å². The molecule has 1 heterocycles. The first-order valence-corrected chi connectivity index (χ1v) is 5.74. The third kappa shape index (κ3) is 2.37. The molecule has 0 atom stereocenters. The highest BCUT2D eigenvalue weighted by molar-refractivity contribution is 5.01. The van der Waals surface area contributed by atoms with E-state index < -0.39 is 0 Å². The summed E-state index contributed by atoms with van der Waals surface area (Å²) in [6.07, 6.45) is 8.48.